The highest BCUT2D eigenvalue weighted by atomic mass is 16.6. The number of rotatable bonds is 6. The van der Waals surface area contributed by atoms with Crippen molar-refractivity contribution in [2.75, 3.05) is 0 Å². The number of benzene rings is 1. The predicted octanol–water partition coefficient (Wildman–Crippen LogP) is 3.35. The molecular formula is C18H21NO3. The number of nitrogens with one attached hydrogen (secondary N) is 1. The first kappa shape index (κ1) is 14.9. The van der Waals surface area contributed by atoms with Crippen molar-refractivity contribution < 1.29 is 14.3 Å². The summed E-state index contributed by atoms with van der Waals surface area (Å²) >= 11 is 0. The highest BCUT2D eigenvalue weighted by molar-refractivity contribution is 5.67. The lowest BCUT2D eigenvalue weighted by Gasteiger charge is -2.20. The topological polar surface area (TPSA) is 50.9 Å². The Kier molecular flexibility index (Phi) is 4.29. The molecule has 0 aromatic heterocycles. The molecule has 4 heteroatoms. The highest BCUT2D eigenvalue weighted by Crippen LogP contribution is 2.45. The Bertz CT molecular complexity index is 581. The van der Waals surface area contributed by atoms with Crippen LogP contribution in [-0.2, 0) is 16.1 Å². The number of alkyl carbamates (subject to hydrolysis) is 1. The highest BCUT2D eigenvalue weighted by Gasteiger charge is 2.54. The number of fused-ring (bicyclic) bond motifs is 1. The van der Waals surface area contributed by atoms with E-state index in [1.165, 1.54) is 0 Å². The minimum atomic E-state index is -0.375. The first-order valence-corrected chi connectivity index (χ1v) is 7.73. The van der Waals surface area contributed by atoms with Gasteiger partial charge in [0.05, 0.1) is 0 Å². The zero-order valence-electron chi connectivity index (χ0n) is 12.7. The molecule has 0 unspecified atom stereocenters. The van der Waals surface area contributed by atoms with Crippen molar-refractivity contribution in [1.29, 1.82) is 0 Å². The van der Waals surface area contributed by atoms with Crippen LogP contribution in [0.15, 0.2) is 54.6 Å². The van der Waals surface area contributed by atoms with E-state index in [4.69, 9.17) is 9.47 Å². The minimum Gasteiger partial charge on any atom is -0.445 e. The average molecular weight is 299 g/mol. The molecule has 1 aromatic carbocycles. The molecule has 4 nitrogen and oxygen atoms in total. The number of carbonyl (C=O) groups is 1. The monoisotopic (exact) mass is 299 g/mol. The standard InChI is InChI=1S/C18H21NO3/c1-2-15(12-18-11-7-6-10-16(18)22-18)19-17(20)21-13-14-8-4-3-5-9-14/h3-11,15-16H,2,12-13H2,1H3,(H,19,20)/t15-,16+,18-/m0/s1. The van der Waals surface area contributed by atoms with Gasteiger partial charge < -0.3 is 14.8 Å². The number of allylic oxidation sites excluding steroid dienone is 2. The van der Waals surface area contributed by atoms with Crippen molar-refractivity contribution in [1.82, 2.24) is 5.32 Å². The van der Waals surface area contributed by atoms with Crippen molar-refractivity contribution >= 4 is 6.09 Å². The fraction of sp³-hybridized carbons (Fsp3) is 0.389. The Morgan fingerprint density at radius 2 is 2.18 bits per heavy atom. The lowest BCUT2D eigenvalue weighted by atomic mass is 9.92. The summed E-state index contributed by atoms with van der Waals surface area (Å²) in [5, 5.41) is 2.94. The fourth-order valence-electron chi connectivity index (χ4n) is 2.77. The third-order valence-electron chi connectivity index (χ3n) is 4.14. The molecule has 1 amide bonds. The summed E-state index contributed by atoms with van der Waals surface area (Å²) in [6, 6.07) is 9.71. The normalized spacial score (nSPS) is 26.1. The van der Waals surface area contributed by atoms with E-state index in [1.54, 1.807) is 0 Å². The maximum atomic E-state index is 11.9. The van der Waals surface area contributed by atoms with Gasteiger partial charge in [0.1, 0.15) is 18.3 Å². The molecule has 1 heterocycles. The Hall–Kier alpha value is -2.07. The quantitative estimate of drug-likeness (QED) is 0.820. The number of hydrogen-bond acceptors (Lipinski definition) is 3. The van der Waals surface area contributed by atoms with Crippen LogP contribution in [0.1, 0.15) is 25.3 Å². The largest absolute Gasteiger partial charge is 0.445 e. The fourth-order valence-corrected chi connectivity index (χ4v) is 2.77. The summed E-state index contributed by atoms with van der Waals surface area (Å²) in [7, 11) is 0. The van der Waals surface area contributed by atoms with E-state index in [0.717, 1.165) is 18.4 Å². The van der Waals surface area contributed by atoms with Gasteiger partial charge >= 0.3 is 6.09 Å². The molecule has 1 saturated heterocycles. The third-order valence-corrected chi connectivity index (χ3v) is 4.14. The van der Waals surface area contributed by atoms with Gasteiger partial charge in [-0.25, -0.2) is 4.79 Å². The Morgan fingerprint density at radius 1 is 1.36 bits per heavy atom. The van der Waals surface area contributed by atoms with Gasteiger partial charge in [-0.3, -0.25) is 0 Å². The number of ether oxygens (including phenoxy) is 2. The first-order valence-electron chi connectivity index (χ1n) is 7.73. The molecule has 1 fully saturated rings. The van der Waals surface area contributed by atoms with Crippen LogP contribution in [0.4, 0.5) is 4.79 Å². The SMILES string of the molecule is CC[C@@H](C[C@@]12C=CC=C[C@H]1O2)NC(=O)OCc1ccccc1. The van der Waals surface area contributed by atoms with Crippen LogP contribution in [0, 0.1) is 0 Å². The third kappa shape index (κ3) is 3.39. The van der Waals surface area contributed by atoms with Gasteiger partial charge in [-0.1, -0.05) is 55.5 Å². The van der Waals surface area contributed by atoms with Gasteiger partial charge in [-0.15, -0.1) is 0 Å². The number of carbonyl (C=O) groups excluding carboxylic acids is 1. The van der Waals surface area contributed by atoms with Gasteiger partial charge in [0.15, 0.2) is 0 Å². The van der Waals surface area contributed by atoms with E-state index in [2.05, 4.69) is 24.4 Å². The molecule has 3 rings (SSSR count). The van der Waals surface area contributed by atoms with Crippen molar-refractivity contribution in [3.8, 4) is 0 Å². The maximum Gasteiger partial charge on any atom is 0.407 e. The summed E-state index contributed by atoms with van der Waals surface area (Å²) in [6.07, 6.45) is 9.54. The van der Waals surface area contributed by atoms with Crippen LogP contribution in [0.5, 0.6) is 0 Å². The summed E-state index contributed by atoms with van der Waals surface area (Å²) in [5.41, 5.74) is 0.762. The number of amides is 1. The van der Waals surface area contributed by atoms with E-state index in [9.17, 15) is 4.79 Å². The van der Waals surface area contributed by atoms with Crippen molar-refractivity contribution in [2.24, 2.45) is 0 Å². The second-order valence-corrected chi connectivity index (χ2v) is 5.75. The van der Waals surface area contributed by atoms with E-state index in [1.807, 2.05) is 42.5 Å². The second-order valence-electron chi connectivity index (χ2n) is 5.75. The van der Waals surface area contributed by atoms with Crippen molar-refractivity contribution in [2.45, 2.75) is 44.1 Å². The second kappa shape index (κ2) is 6.36. The van der Waals surface area contributed by atoms with Crippen LogP contribution in [-0.4, -0.2) is 23.8 Å². The van der Waals surface area contributed by atoms with Crippen LogP contribution in [0.2, 0.25) is 0 Å². The summed E-state index contributed by atoms with van der Waals surface area (Å²) in [5.74, 6) is 0. The zero-order valence-corrected chi connectivity index (χ0v) is 12.7. The van der Waals surface area contributed by atoms with Crippen LogP contribution in [0.25, 0.3) is 0 Å². The Balaban J connectivity index is 1.47. The molecule has 1 aliphatic carbocycles. The average Bonchev–Trinajstić information content (AvgIpc) is 3.27. The zero-order chi connectivity index (χ0) is 15.4. The van der Waals surface area contributed by atoms with E-state index < -0.39 is 0 Å². The van der Waals surface area contributed by atoms with E-state index >= 15 is 0 Å². The Labute approximate surface area is 130 Å². The molecule has 0 spiro atoms. The molecule has 1 aliphatic heterocycles. The maximum absolute atomic E-state index is 11.9. The van der Waals surface area contributed by atoms with Gasteiger partial charge in [-0.2, -0.15) is 0 Å². The smallest absolute Gasteiger partial charge is 0.407 e. The molecule has 0 saturated carbocycles. The molecular weight excluding hydrogens is 278 g/mol. The van der Waals surface area contributed by atoms with Crippen LogP contribution in [0.3, 0.4) is 0 Å². The van der Waals surface area contributed by atoms with E-state index in [0.29, 0.717) is 0 Å². The van der Waals surface area contributed by atoms with Gasteiger partial charge in [-0.05, 0) is 18.1 Å². The first-order chi connectivity index (χ1) is 10.7. The molecule has 0 bridgehead atoms. The molecule has 1 aromatic rings. The summed E-state index contributed by atoms with van der Waals surface area (Å²) in [6.45, 7) is 2.34. The number of epoxide rings is 1. The molecule has 1 N–H and O–H groups in total. The number of hydrogen-bond donors (Lipinski definition) is 1. The summed E-state index contributed by atoms with van der Waals surface area (Å²) < 4.78 is 11.0. The molecule has 0 radical (unpaired) electrons. The molecule has 2 aliphatic rings. The van der Waals surface area contributed by atoms with Crippen LogP contribution >= 0.6 is 0 Å². The minimum absolute atomic E-state index is 0.0458. The predicted molar refractivity (Wildman–Crippen MR) is 84.3 cm³/mol. The van der Waals surface area contributed by atoms with E-state index in [-0.39, 0.29) is 30.4 Å². The summed E-state index contributed by atoms with van der Waals surface area (Å²) in [4.78, 5) is 11.9. The lowest BCUT2D eigenvalue weighted by Crippen LogP contribution is -2.38. The van der Waals surface area contributed by atoms with Crippen molar-refractivity contribution in [3.63, 3.8) is 0 Å². The lowest BCUT2D eigenvalue weighted by molar-refractivity contribution is 0.133. The molecule has 116 valence electrons. The molecule has 3 atom stereocenters. The van der Waals surface area contributed by atoms with Crippen molar-refractivity contribution in [3.05, 3.63) is 60.2 Å². The van der Waals surface area contributed by atoms with Crippen LogP contribution < -0.4 is 5.32 Å². The van der Waals surface area contributed by atoms with Gasteiger partial charge in [0.2, 0.25) is 0 Å². The Morgan fingerprint density at radius 3 is 2.91 bits per heavy atom. The van der Waals surface area contributed by atoms with Gasteiger partial charge in [0.25, 0.3) is 0 Å². The van der Waals surface area contributed by atoms with Gasteiger partial charge in [0, 0.05) is 12.5 Å². The molecule has 22 heavy (non-hydrogen) atoms.